The minimum Gasteiger partial charge on any atom is -0.370 e. The zero-order chi connectivity index (χ0) is 13.7. The van der Waals surface area contributed by atoms with Crippen molar-refractivity contribution < 1.29 is 0 Å². The number of nitrogens with zero attached hydrogens (tertiary/aromatic N) is 1. The van der Waals surface area contributed by atoms with Crippen LogP contribution in [-0.4, -0.2) is 19.1 Å². The summed E-state index contributed by atoms with van der Waals surface area (Å²) < 4.78 is 0. The predicted octanol–water partition coefficient (Wildman–Crippen LogP) is 4.22. The van der Waals surface area contributed by atoms with Gasteiger partial charge in [0.05, 0.1) is 10.7 Å². The first-order chi connectivity index (χ1) is 9.18. The van der Waals surface area contributed by atoms with Gasteiger partial charge >= 0.3 is 0 Å². The fourth-order valence-corrected chi connectivity index (χ4v) is 2.98. The first kappa shape index (κ1) is 14.7. The first-order valence-corrected chi connectivity index (χ1v) is 7.82. The summed E-state index contributed by atoms with van der Waals surface area (Å²) in [7, 11) is 0. The van der Waals surface area contributed by atoms with E-state index in [0.29, 0.717) is 6.04 Å². The first-order valence-electron chi connectivity index (χ1n) is 7.44. The third kappa shape index (κ3) is 4.12. The van der Waals surface area contributed by atoms with Gasteiger partial charge in [-0.3, -0.25) is 0 Å². The summed E-state index contributed by atoms with van der Waals surface area (Å²) in [5.41, 5.74) is 2.57. The molecule has 0 amide bonds. The summed E-state index contributed by atoms with van der Waals surface area (Å²) in [5, 5.41) is 4.39. The molecule has 1 saturated heterocycles. The minimum absolute atomic E-state index is 0.496. The molecule has 1 heterocycles. The largest absolute Gasteiger partial charge is 0.370 e. The molecule has 0 spiro atoms. The predicted molar refractivity (Wildman–Crippen MR) is 84.1 cm³/mol. The van der Waals surface area contributed by atoms with Crippen molar-refractivity contribution in [2.24, 2.45) is 0 Å². The van der Waals surface area contributed by atoms with E-state index in [4.69, 9.17) is 11.6 Å². The average Bonchev–Trinajstić information content (AvgIpc) is 2.65. The SMILES string of the molecule is CC(C)NCc1cccc(Cl)c1N1CCCCCC1. The van der Waals surface area contributed by atoms with Crippen LogP contribution < -0.4 is 10.2 Å². The van der Waals surface area contributed by atoms with Gasteiger partial charge in [-0.25, -0.2) is 0 Å². The Balaban J connectivity index is 2.20. The van der Waals surface area contributed by atoms with E-state index in [-0.39, 0.29) is 0 Å². The molecule has 0 saturated carbocycles. The van der Waals surface area contributed by atoms with Crippen molar-refractivity contribution in [2.75, 3.05) is 18.0 Å². The van der Waals surface area contributed by atoms with Gasteiger partial charge in [-0.2, -0.15) is 0 Å². The van der Waals surface area contributed by atoms with E-state index in [9.17, 15) is 0 Å². The van der Waals surface area contributed by atoms with Gasteiger partial charge in [-0.15, -0.1) is 0 Å². The number of halogens is 1. The van der Waals surface area contributed by atoms with Crippen molar-refractivity contribution in [3.05, 3.63) is 28.8 Å². The molecule has 0 bridgehead atoms. The van der Waals surface area contributed by atoms with E-state index in [0.717, 1.165) is 24.7 Å². The maximum absolute atomic E-state index is 6.46. The molecular weight excluding hydrogens is 256 g/mol. The van der Waals surface area contributed by atoms with Crippen LogP contribution in [0.2, 0.25) is 5.02 Å². The number of benzene rings is 1. The molecule has 1 aromatic carbocycles. The summed E-state index contributed by atoms with van der Waals surface area (Å²) in [6, 6.07) is 6.76. The Morgan fingerprint density at radius 2 is 1.84 bits per heavy atom. The Morgan fingerprint density at radius 1 is 1.16 bits per heavy atom. The van der Waals surface area contributed by atoms with Crippen LogP contribution in [0.1, 0.15) is 45.1 Å². The molecule has 1 N–H and O–H groups in total. The highest BCUT2D eigenvalue weighted by Crippen LogP contribution is 2.31. The van der Waals surface area contributed by atoms with Crippen LogP contribution >= 0.6 is 11.6 Å². The second kappa shape index (κ2) is 7.16. The number of para-hydroxylation sites is 1. The third-order valence-electron chi connectivity index (χ3n) is 3.69. The number of nitrogens with one attached hydrogen (secondary N) is 1. The van der Waals surface area contributed by atoms with Gasteiger partial charge in [-0.05, 0) is 24.5 Å². The molecule has 0 atom stereocenters. The lowest BCUT2D eigenvalue weighted by molar-refractivity contribution is 0.587. The Labute approximate surface area is 122 Å². The highest BCUT2D eigenvalue weighted by Gasteiger charge is 2.16. The van der Waals surface area contributed by atoms with Gasteiger partial charge in [0, 0.05) is 25.7 Å². The standard InChI is InChI=1S/C16H25ClN2/c1-13(2)18-12-14-8-7-9-15(17)16(14)19-10-5-3-4-6-11-19/h7-9,13,18H,3-6,10-12H2,1-2H3. The van der Waals surface area contributed by atoms with Crippen molar-refractivity contribution in [3.8, 4) is 0 Å². The lowest BCUT2D eigenvalue weighted by Crippen LogP contribution is -2.28. The number of hydrogen-bond donors (Lipinski definition) is 1. The molecule has 2 rings (SSSR count). The minimum atomic E-state index is 0.496. The van der Waals surface area contributed by atoms with E-state index in [1.54, 1.807) is 0 Å². The van der Waals surface area contributed by atoms with Gasteiger partial charge in [0.2, 0.25) is 0 Å². The molecule has 0 aliphatic carbocycles. The fourth-order valence-electron chi connectivity index (χ4n) is 2.67. The monoisotopic (exact) mass is 280 g/mol. The second-order valence-electron chi connectivity index (χ2n) is 5.68. The topological polar surface area (TPSA) is 15.3 Å². The molecule has 1 aliphatic rings. The van der Waals surface area contributed by atoms with Gasteiger partial charge in [0.25, 0.3) is 0 Å². The van der Waals surface area contributed by atoms with Gasteiger partial charge in [-0.1, -0.05) is 50.4 Å². The average molecular weight is 281 g/mol. The van der Waals surface area contributed by atoms with E-state index < -0.39 is 0 Å². The lowest BCUT2D eigenvalue weighted by atomic mass is 10.1. The smallest absolute Gasteiger partial charge is 0.0642 e. The van der Waals surface area contributed by atoms with E-state index in [1.165, 1.54) is 36.9 Å². The highest BCUT2D eigenvalue weighted by molar-refractivity contribution is 6.33. The van der Waals surface area contributed by atoms with Gasteiger partial charge in [0.1, 0.15) is 0 Å². The Bertz CT molecular complexity index is 396. The van der Waals surface area contributed by atoms with Crippen molar-refractivity contribution in [1.82, 2.24) is 5.32 Å². The summed E-state index contributed by atoms with van der Waals surface area (Å²) in [6.07, 6.45) is 5.26. The molecule has 19 heavy (non-hydrogen) atoms. The normalized spacial score (nSPS) is 16.7. The number of rotatable bonds is 4. The maximum Gasteiger partial charge on any atom is 0.0642 e. The lowest BCUT2D eigenvalue weighted by Gasteiger charge is -2.27. The van der Waals surface area contributed by atoms with Gasteiger partial charge in [0.15, 0.2) is 0 Å². The zero-order valence-corrected chi connectivity index (χ0v) is 12.8. The van der Waals surface area contributed by atoms with Crippen molar-refractivity contribution in [1.29, 1.82) is 0 Å². The Kier molecular flexibility index (Phi) is 5.53. The summed E-state index contributed by atoms with van der Waals surface area (Å²) in [6.45, 7) is 7.52. The summed E-state index contributed by atoms with van der Waals surface area (Å²) in [4.78, 5) is 2.48. The van der Waals surface area contributed by atoms with E-state index in [1.807, 2.05) is 6.07 Å². The van der Waals surface area contributed by atoms with Crippen LogP contribution in [0, 0.1) is 0 Å². The summed E-state index contributed by atoms with van der Waals surface area (Å²) >= 11 is 6.46. The molecular formula is C16H25ClN2. The second-order valence-corrected chi connectivity index (χ2v) is 6.09. The van der Waals surface area contributed by atoms with Crippen LogP contribution in [0.3, 0.4) is 0 Å². The molecule has 0 aromatic heterocycles. The summed E-state index contributed by atoms with van der Waals surface area (Å²) in [5.74, 6) is 0. The van der Waals surface area contributed by atoms with Crippen molar-refractivity contribution >= 4 is 17.3 Å². The van der Waals surface area contributed by atoms with E-state index in [2.05, 4.69) is 36.2 Å². The van der Waals surface area contributed by atoms with Crippen molar-refractivity contribution in [3.63, 3.8) is 0 Å². The molecule has 1 aromatic rings. The van der Waals surface area contributed by atoms with Crippen LogP contribution in [0.5, 0.6) is 0 Å². The van der Waals surface area contributed by atoms with Crippen molar-refractivity contribution in [2.45, 2.75) is 52.1 Å². The maximum atomic E-state index is 6.46. The number of anilines is 1. The molecule has 1 fully saturated rings. The van der Waals surface area contributed by atoms with Crippen LogP contribution in [0.4, 0.5) is 5.69 Å². The molecule has 106 valence electrons. The Morgan fingerprint density at radius 3 is 2.47 bits per heavy atom. The quantitative estimate of drug-likeness (QED) is 0.888. The Hall–Kier alpha value is -0.730. The fraction of sp³-hybridized carbons (Fsp3) is 0.625. The molecule has 2 nitrogen and oxygen atoms in total. The molecule has 1 aliphatic heterocycles. The molecule has 0 unspecified atom stereocenters. The van der Waals surface area contributed by atoms with Crippen LogP contribution in [-0.2, 0) is 6.54 Å². The highest BCUT2D eigenvalue weighted by atomic mass is 35.5. The number of hydrogen-bond acceptors (Lipinski definition) is 2. The van der Waals surface area contributed by atoms with Crippen LogP contribution in [0.15, 0.2) is 18.2 Å². The zero-order valence-electron chi connectivity index (χ0n) is 12.1. The van der Waals surface area contributed by atoms with E-state index >= 15 is 0 Å². The van der Waals surface area contributed by atoms with Crippen LogP contribution in [0.25, 0.3) is 0 Å². The molecule has 3 heteroatoms. The van der Waals surface area contributed by atoms with Gasteiger partial charge < -0.3 is 10.2 Å². The molecule has 0 radical (unpaired) electrons. The third-order valence-corrected chi connectivity index (χ3v) is 4.00.